The molecule has 116 valence electrons. The highest BCUT2D eigenvalue weighted by Gasteiger charge is 2.37. The average Bonchev–Trinajstić information content (AvgIpc) is 2.54. The fraction of sp³-hybridized carbons (Fsp3) is 0.500. The van der Waals surface area contributed by atoms with Gasteiger partial charge in [-0.3, -0.25) is 4.79 Å². The van der Waals surface area contributed by atoms with Gasteiger partial charge in [-0.15, -0.1) is 0 Å². The van der Waals surface area contributed by atoms with E-state index in [1.54, 1.807) is 24.3 Å². The number of nitrogens with two attached hydrogens (primary N) is 1. The second-order valence-corrected chi connectivity index (χ2v) is 6.98. The van der Waals surface area contributed by atoms with E-state index in [0.29, 0.717) is 13.0 Å². The van der Waals surface area contributed by atoms with Crippen LogP contribution in [0, 0.1) is 0 Å². The Balaban J connectivity index is 2.38. The lowest BCUT2D eigenvalue weighted by molar-refractivity contribution is -0.125. The number of benzene rings is 1. The maximum absolute atomic E-state index is 12.8. The molecule has 1 atom stereocenters. The van der Waals surface area contributed by atoms with E-state index in [-0.39, 0.29) is 17.3 Å². The highest BCUT2D eigenvalue weighted by molar-refractivity contribution is 7.89. The molecule has 0 bridgehead atoms. The zero-order valence-electron chi connectivity index (χ0n) is 12.1. The molecule has 0 aliphatic carbocycles. The fourth-order valence-electron chi connectivity index (χ4n) is 2.59. The van der Waals surface area contributed by atoms with Crippen LogP contribution < -0.4 is 11.1 Å². The van der Waals surface area contributed by atoms with Gasteiger partial charge in [-0.05, 0) is 30.5 Å². The van der Waals surface area contributed by atoms with Crippen molar-refractivity contribution in [2.45, 2.75) is 36.7 Å². The van der Waals surface area contributed by atoms with E-state index in [4.69, 9.17) is 5.73 Å². The predicted octanol–water partition coefficient (Wildman–Crippen LogP) is 0.435. The monoisotopic (exact) mass is 311 g/mol. The summed E-state index contributed by atoms with van der Waals surface area (Å²) in [6, 6.07) is 5.95. The van der Waals surface area contributed by atoms with Crippen molar-refractivity contribution in [3.05, 3.63) is 29.8 Å². The number of hydrogen-bond donors (Lipinski definition) is 2. The Morgan fingerprint density at radius 1 is 1.43 bits per heavy atom. The van der Waals surface area contributed by atoms with Gasteiger partial charge in [0.05, 0.1) is 4.90 Å². The van der Waals surface area contributed by atoms with E-state index in [2.05, 4.69) is 5.32 Å². The maximum Gasteiger partial charge on any atom is 0.243 e. The van der Waals surface area contributed by atoms with Gasteiger partial charge < -0.3 is 11.1 Å². The summed E-state index contributed by atoms with van der Waals surface area (Å²) >= 11 is 0. The van der Waals surface area contributed by atoms with Crippen LogP contribution in [0.25, 0.3) is 0 Å². The van der Waals surface area contributed by atoms with Crippen molar-refractivity contribution in [1.29, 1.82) is 0 Å². The molecule has 7 heteroatoms. The van der Waals surface area contributed by atoms with Gasteiger partial charge in [-0.1, -0.05) is 18.6 Å². The zero-order chi connectivity index (χ0) is 15.5. The van der Waals surface area contributed by atoms with Crippen molar-refractivity contribution in [2.24, 2.45) is 5.73 Å². The van der Waals surface area contributed by atoms with Crippen LogP contribution in [-0.4, -0.2) is 38.3 Å². The van der Waals surface area contributed by atoms with Crippen LogP contribution in [0.4, 0.5) is 0 Å². The lowest BCUT2D eigenvalue weighted by Crippen LogP contribution is -2.51. The fourth-order valence-corrected chi connectivity index (χ4v) is 4.32. The summed E-state index contributed by atoms with van der Waals surface area (Å²) in [5.74, 6) is -0.256. The second-order valence-electron chi connectivity index (χ2n) is 5.09. The van der Waals surface area contributed by atoms with Gasteiger partial charge >= 0.3 is 0 Å². The van der Waals surface area contributed by atoms with Gasteiger partial charge in [0.1, 0.15) is 6.04 Å². The molecule has 1 aliphatic rings. The summed E-state index contributed by atoms with van der Waals surface area (Å²) in [6.07, 6.45) is 2.17. The van der Waals surface area contributed by atoms with E-state index in [1.807, 2.05) is 0 Å². The number of carbonyl (C=O) groups is 1. The number of piperidine rings is 1. The standard InChI is InChI=1S/C14H21N3O3S/c1-16-14(18)13-7-2-3-8-17(13)21(19,20)12-6-4-5-11(9-12)10-15/h4-6,9,13H,2-3,7-8,10,15H2,1H3,(H,16,18). The van der Waals surface area contributed by atoms with Crippen molar-refractivity contribution < 1.29 is 13.2 Å². The minimum Gasteiger partial charge on any atom is -0.358 e. The molecular weight excluding hydrogens is 290 g/mol. The van der Waals surface area contributed by atoms with Crippen LogP contribution in [0.5, 0.6) is 0 Å². The topological polar surface area (TPSA) is 92.5 Å². The molecule has 6 nitrogen and oxygen atoms in total. The number of likely N-dealkylation sites (N-methyl/N-ethyl adjacent to an activating group) is 1. The third-order valence-corrected chi connectivity index (χ3v) is 5.65. The summed E-state index contributed by atoms with van der Waals surface area (Å²) in [7, 11) is -2.16. The molecule has 0 spiro atoms. The first kappa shape index (κ1) is 15.9. The van der Waals surface area contributed by atoms with Gasteiger partial charge in [0, 0.05) is 20.1 Å². The molecular formula is C14H21N3O3S. The van der Waals surface area contributed by atoms with Gasteiger partial charge in [-0.2, -0.15) is 4.31 Å². The molecule has 1 heterocycles. The average molecular weight is 311 g/mol. The van der Waals surface area contributed by atoms with Crippen LogP contribution >= 0.6 is 0 Å². The van der Waals surface area contributed by atoms with E-state index < -0.39 is 16.1 Å². The first-order valence-electron chi connectivity index (χ1n) is 7.03. The molecule has 3 N–H and O–H groups in total. The van der Waals surface area contributed by atoms with Crippen molar-refractivity contribution in [3.63, 3.8) is 0 Å². The minimum atomic E-state index is -3.68. The normalized spacial score (nSPS) is 20.2. The second kappa shape index (κ2) is 6.55. The van der Waals surface area contributed by atoms with Crippen LogP contribution in [0.3, 0.4) is 0 Å². The number of amides is 1. The summed E-state index contributed by atoms with van der Waals surface area (Å²) in [6.45, 7) is 0.648. The molecule has 0 radical (unpaired) electrons. The quantitative estimate of drug-likeness (QED) is 0.843. The SMILES string of the molecule is CNC(=O)C1CCCCN1S(=O)(=O)c1cccc(CN)c1. The van der Waals surface area contributed by atoms with Gasteiger partial charge in [-0.25, -0.2) is 8.42 Å². The lowest BCUT2D eigenvalue weighted by Gasteiger charge is -2.33. The number of nitrogens with zero attached hydrogens (tertiary/aromatic N) is 1. The number of carbonyl (C=O) groups excluding carboxylic acids is 1. The van der Waals surface area contributed by atoms with E-state index in [0.717, 1.165) is 18.4 Å². The summed E-state index contributed by atoms with van der Waals surface area (Å²) in [5.41, 5.74) is 6.32. The number of rotatable bonds is 4. The van der Waals surface area contributed by atoms with Crippen molar-refractivity contribution in [1.82, 2.24) is 9.62 Å². The Bertz CT molecular complexity index is 616. The summed E-state index contributed by atoms with van der Waals surface area (Å²) in [4.78, 5) is 12.1. The summed E-state index contributed by atoms with van der Waals surface area (Å²) < 4.78 is 26.9. The Labute approximate surface area is 125 Å². The minimum absolute atomic E-state index is 0.196. The molecule has 1 fully saturated rings. The van der Waals surface area contributed by atoms with Crippen LogP contribution in [-0.2, 0) is 21.4 Å². The summed E-state index contributed by atoms with van der Waals surface area (Å²) in [5, 5.41) is 2.55. The molecule has 1 amide bonds. The number of nitrogens with one attached hydrogen (secondary N) is 1. The van der Waals surface area contributed by atoms with Crippen LogP contribution in [0.1, 0.15) is 24.8 Å². The van der Waals surface area contributed by atoms with Crippen LogP contribution in [0.15, 0.2) is 29.2 Å². The van der Waals surface area contributed by atoms with Gasteiger partial charge in [0.2, 0.25) is 15.9 Å². The molecule has 1 aromatic rings. The third kappa shape index (κ3) is 3.25. The molecule has 1 saturated heterocycles. The smallest absolute Gasteiger partial charge is 0.243 e. The van der Waals surface area contributed by atoms with Crippen molar-refractivity contribution in [2.75, 3.05) is 13.6 Å². The lowest BCUT2D eigenvalue weighted by atomic mass is 10.0. The van der Waals surface area contributed by atoms with Gasteiger partial charge in [0.15, 0.2) is 0 Å². The Morgan fingerprint density at radius 3 is 2.86 bits per heavy atom. The predicted molar refractivity (Wildman–Crippen MR) is 79.9 cm³/mol. The first-order chi connectivity index (χ1) is 10.0. The molecule has 1 aromatic carbocycles. The van der Waals surface area contributed by atoms with E-state index in [9.17, 15) is 13.2 Å². The first-order valence-corrected chi connectivity index (χ1v) is 8.47. The highest BCUT2D eigenvalue weighted by atomic mass is 32.2. The molecule has 0 aromatic heterocycles. The molecule has 1 unspecified atom stereocenters. The van der Waals surface area contributed by atoms with Gasteiger partial charge in [0.25, 0.3) is 0 Å². The van der Waals surface area contributed by atoms with E-state index in [1.165, 1.54) is 11.4 Å². The third-order valence-electron chi connectivity index (χ3n) is 3.74. The molecule has 1 aliphatic heterocycles. The number of hydrogen-bond acceptors (Lipinski definition) is 4. The number of sulfonamides is 1. The largest absolute Gasteiger partial charge is 0.358 e. The Hall–Kier alpha value is -1.44. The Morgan fingerprint density at radius 2 is 2.19 bits per heavy atom. The highest BCUT2D eigenvalue weighted by Crippen LogP contribution is 2.26. The Kier molecular flexibility index (Phi) is 4.97. The van der Waals surface area contributed by atoms with Crippen molar-refractivity contribution in [3.8, 4) is 0 Å². The van der Waals surface area contributed by atoms with Crippen molar-refractivity contribution >= 4 is 15.9 Å². The molecule has 21 heavy (non-hydrogen) atoms. The van der Waals surface area contributed by atoms with Crippen LogP contribution in [0.2, 0.25) is 0 Å². The molecule has 0 saturated carbocycles. The maximum atomic E-state index is 12.8. The zero-order valence-corrected chi connectivity index (χ0v) is 12.9. The molecule has 2 rings (SSSR count). The van der Waals surface area contributed by atoms with E-state index >= 15 is 0 Å².